The number of nitrogens with one attached hydrogen (secondary N) is 2. The molecule has 15 heteroatoms. The molecule has 2 N–H and O–H groups in total. The van der Waals surface area contributed by atoms with Gasteiger partial charge in [-0.2, -0.15) is 0 Å². The summed E-state index contributed by atoms with van der Waals surface area (Å²) in [7, 11) is 1.23. The number of methoxy groups -OCH3 is 1. The molecule has 2 aliphatic rings. The van der Waals surface area contributed by atoms with Gasteiger partial charge in [-0.05, 0) is 24.6 Å². The first-order valence-corrected chi connectivity index (χ1v) is 13.0. The Kier molecular flexibility index (Phi) is 8.12. The van der Waals surface area contributed by atoms with E-state index in [4.69, 9.17) is 4.74 Å². The zero-order chi connectivity index (χ0) is 28.9. The quantitative estimate of drug-likeness (QED) is 0.426. The summed E-state index contributed by atoms with van der Waals surface area (Å²) >= 11 is 0. The minimum Gasteiger partial charge on any atom is -0.453 e. The van der Waals surface area contributed by atoms with Crippen LogP contribution in [-0.4, -0.2) is 102 Å². The topological polar surface area (TPSA) is 151 Å². The second kappa shape index (κ2) is 12.1. The molecular formula is C26H29FN8O6. The molecule has 2 aliphatic heterocycles. The summed E-state index contributed by atoms with van der Waals surface area (Å²) in [6, 6.07) is 4.50. The van der Waals surface area contributed by atoms with Crippen molar-refractivity contribution in [1.82, 2.24) is 29.9 Å². The van der Waals surface area contributed by atoms with E-state index in [1.54, 1.807) is 40.0 Å². The normalized spacial score (nSPS) is 17.3. The maximum atomic E-state index is 15.2. The highest BCUT2D eigenvalue weighted by Crippen LogP contribution is 2.28. The number of nitrogens with zero attached hydrogens (tertiary/aromatic N) is 6. The van der Waals surface area contributed by atoms with Crippen LogP contribution in [0.3, 0.4) is 0 Å². The fraction of sp³-hybridized carbons (Fsp3) is 0.385. The molecule has 1 aromatic carbocycles. The third-order valence-corrected chi connectivity index (χ3v) is 6.86. The second-order valence-electron chi connectivity index (χ2n) is 9.50. The molecule has 14 nitrogen and oxygen atoms in total. The third-order valence-electron chi connectivity index (χ3n) is 6.86. The SMILES string of the molecule is COC(=O)NC[C@H]1CN(c2ccc(N3CCCN(C(=O)CNC(=O)c4cn5ccncc5n4)CC3)c(F)c2)C(=O)O1. The number of fused-ring (bicyclic) bond motifs is 1. The van der Waals surface area contributed by atoms with Gasteiger partial charge in [0.1, 0.15) is 17.6 Å². The fourth-order valence-electron chi connectivity index (χ4n) is 4.75. The number of imidazole rings is 1. The molecule has 0 aliphatic carbocycles. The maximum absolute atomic E-state index is 15.2. The monoisotopic (exact) mass is 568 g/mol. The zero-order valence-electron chi connectivity index (χ0n) is 22.3. The van der Waals surface area contributed by atoms with Gasteiger partial charge in [-0.3, -0.25) is 19.5 Å². The first-order valence-electron chi connectivity index (χ1n) is 13.0. The second-order valence-corrected chi connectivity index (χ2v) is 9.50. The highest BCUT2D eigenvalue weighted by Gasteiger charge is 2.33. The van der Waals surface area contributed by atoms with Crippen molar-refractivity contribution in [2.75, 3.05) is 62.7 Å². The third kappa shape index (κ3) is 6.28. The number of hydrogen-bond acceptors (Lipinski definition) is 9. The van der Waals surface area contributed by atoms with Crippen molar-refractivity contribution >= 4 is 41.0 Å². The number of alkyl carbamates (subject to hydrolysis) is 1. The van der Waals surface area contributed by atoms with Crippen LogP contribution in [0.25, 0.3) is 5.65 Å². The van der Waals surface area contributed by atoms with Crippen LogP contribution >= 0.6 is 0 Å². The summed E-state index contributed by atoms with van der Waals surface area (Å²) in [6.07, 6.45) is 5.08. The Balaban J connectivity index is 1.14. The molecule has 0 bridgehead atoms. The number of cyclic esters (lactones) is 1. The van der Waals surface area contributed by atoms with Gasteiger partial charge in [0.2, 0.25) is 5.91 Å². The van der Waals surface area contributed by atoms with Gasteiger partial charge < -0.3 is 34.3 Å². The van der Waals surface area contributed by atoms with E-state index in [1.165, 1.54) is 24.3 Å². The molecule has 1 atom stereocenters. The first-order chi connectivity index (χ1) is 19.8. The number of amides is 4. The Morgan fingerprint density at radius 3 is 2.80 bits per heavy atom. The molecule has 0 radical (unpaired) electrons. The first kappa shape index (κ1) is 27.6. The molecule has 216 valence electrons. The molecular weight excluding hydrogens is 539 g/mol. The number of carbonyl (C=O) groups excluding carboxylic acids is 4. The van der Waals surface area contributed by atoms with Gasteiger partial charge in [-0.1, -0.05) is 0 Å². The van der Waals surface area contributed by atoms with Crippen molar-refractivity contribution in [2.24, 2.45) is 0 Å². The van der Waals surface area contributed by atoms with E-state index in [-0.39, 0.29) is 31.2 Å². The van der Waals surface area contributed by atoms with Crippen LogP contribution < -0.4 is 20.4 Å². The summed E-state index contributed by atoms with van der Waals surface area (Å²) in [4.78, 5) is 61.9. The number of carbonyl (C=O) groups is 4. The molecule has 4 amide bonds. The van der Waals surface area contributed by atoms with Crippen molar-refractivity contribution in [3.8, 4) is 0 Å². The predicted molar refractivity (Wildman–Crippen MR) is 143 cm³/mol. The van der Waals surface area contributed by atoms with Crippen molar-refractivity contribution in [1.29, 1.82) is 0 Å². The van der Waals surface area contributed by atoms with E-state index in [0.717, 1.165) is 0 Å². The van der Waals surface area contributed by atoms with Crippen LogP contribution in [0.4, 0.5) is 25.4 Å². The average molecular weight is 569 g/mol. The van der Waals surface area contributed by atoms with Crippen molar-refractivity contribution in [3.63, 3.8) is 0 Å². The van der Waals surface area contributed by atoms with Crippen molar-refractivity contribution in [3.05, 3.63) is 54.5 Å². The Morgan fingerprint density at radius 1 is 1.17 bits per heavy atom. The molecule has 5 rings (SSSR count). The number of ether oxygens (including phenoxy) is 2. The maximum Gasteiger partial charge on any atom is 0.414 e. The molecule has 0 unspecified atom stereocenters. The lowest BCUT2D eigenvalue weighted by Gasteiger charge is -2.25. The average Bonchev–Trinajstić information content (AvgIpc) is 3.49. The Hall–Kier alpha value is -4.95. The lowest BCUT2D eigenvalue weighted by Crippen LogP contribution is -2.42. The molecule has 0 saturated carbocycles. The summed E-state index contributed by atoms with van der Waals surface area (Å²) in [5.41, 5.74) is 1.40. The lowest BCUT2D eigenvalue weighted by atomic mass is 10.2. The Morgan fingerprint density at radius 2 is 2.02 bits per heavy atom. The van der Waals surface area contributed by atoms with Gasteiger partial charge in [0.25, 0.3) is 5.91 Å². The van der Waals surface area contributed by atoms with Gasteiger partial charge in [0, 0.05) is 44.8 Å². The Bertz CT molecular complexity index is 1430. The van der Waals surface area contributed by atoms with Crippen molar-refractivity contribution < 1.29 is 33.0 Å². The van der Waals surface area contributed by atoms with Crippen LogP contribution in [0.1, 0.15) is 16.9 Å². The molecule has 3 aromatic rings. The van der Waals surface area contributed by atoms with E-state index >= 15 is 4.39 Å². The number of aromatic nitrogens is 3. The van der Waals surface area contributed by atoms with E-state index in [9.17, 15) is 19.2 Å². The van der Waals surface area contributed by atoms with Crippen LogP contribution in [-0.2, 0) is 14.3 Å². The summed E-state index contributed by atoms with van der Waals surface area (Å²) < 4.78 is 26.6. The molecule has 2 aromatic heterocycles. The minimum absolute atomic E-state index is 0.0698. The number of benzene rings is 1. The number of halogens is 1. The highest BCUT2D eigenvalue weighted by atomic mass is 19.1. The molecule has 0 spiro atoms. The minimum atomic E-state index is -0.640. The molecule has 2 fully saturated rings. The van der Waals surface area contributed by atoms with E-state index < -0.39 is 30.0 Å². The fourth-order valence-corrected chi connectivity index (χ4v) is 4.75. The van der Waals surface area contributed by atoms with Crippen LogP contribution in [0, 0.1) is 5.82 Å². The van der Waals surface area contributed by atoms with Crippen molar-refractivity contribution in [2.45, 2.75) is 12.5 Å². The number of rotatable bonds is 7. The van der Waals surface area contributed by atoms with Gasteiger partial charge in [-0.25, -0.2) is 19.0 Å². The smallest absolute Gasteiger partial charge is 0.414 e. The molecule has 4 heterocycles. The van der Waals surface area contributed by atoms with E-state index in [0.29, 0.717) is 49.6 Å². The lowest BCUT2D eigenvalue weighted by molar-refractivity contribution is -0.129. The van der Waals surface area contributed by atoms with Gasteiger partial charge in [0.05, 0.1) is 44.3 Å². The van der Waals surface area contributed by atoms with E-state index in [1.807, 2.05) is 4.90 Å². The predicted octanol–water partition coefficient (Wildman–Crippen LogP) is 1.02. The van der Waals surface area contributed by atoms with Crippen LogP contribution in [0.5, 0.6) is 0 Å². The molecule has 2 saturated heterocycles. The summed E-state index contributed by atoms with van der Waals surface area (Å²) in [5, 5.41) is 5.09. The van der Waals surface area contributed by atoms with Gasteiger partial charge in [0.15, 0.2) is 5.65 Å². The largest absolute Gasteiger partial charge is 0.453 e. The molecule has 41 heavy (non-hydrogen) atoms. The zero-order valence-corrected chi connectivity index (χ0v) is 22.3. The number of anilines is 2. The Labute approximate surface area is 234 Å². The van der Waals surface area contributed by atoms with Crippen LogP contribution in [0.15, 0.2) is 43.0 Å². The highest BCUT2D eigenvalue weighted by molar-refractivity contribution is 5.95. The standard InChI is InChI=1S/C26H29FN8O6/c1-40-25(38)30-12-18-15-35(26(39)41-18)17-3-4-21(19(27)11-17)32-6-2-7-33(10-9-32)23(36)14-29-24(37)20-16-34-8-5-28-13-22(34)31-20/h3-5,8,11,13,16,18H,2,6-7,9-10,12,14-15H2,1H3,(H,29,37)(H,30,38)/t18-/m0/s1. The number of hydrogen-bond donors (Lipinski definition) is 2. The van der Waals surface area contributed by atoms with Gasteiger partial charge >= 0.3 is 12.2 Å². The van der Waals surface area contributed by atoms with E-state index in [2.05, 4.69) is 25.3 Å². The summed E-state index contributed by atoms with van der Waals surface area (Å²) in [5.74, 6) is -1.22. The van der Waals surface area contributed by atoms with Crippen LogP contribution in [0.2, 0.25) is 0 Å². The summed E-state index contributed by atoms with van der Waals surface area (Å²) in [6.45, 7) is 1.76. The van der Waals surface area contributed by atoms with Gasteiger partial charge in [-0.15, -0.1) is 0 Å².